The number of unbranched alkanes of at least 4 members (excludes halogenated alkanes) is 8. The van der Waals surface area contributed by atoms with Gasteiger partial charge < -0.3 is 30.3 Å². The molecule has 0 aliphatic carbocycles. The number of aliphatic hydroxyl groups excluding tert-OH is 1. The van der Waals surface area contributed by atoms with Crippen molar-refractivity contribution in [3.05, 3.63) is 72.9 Å². The summed E-state index contributed by atoms with van der Waals surface area (Å²) in [6, 6.07) is -1.54. The standard InChI is InChI=1S/C40H66NO11P/c1-3-5-6-7-8-9-14-18-21-24-27-30-38(43)49-32-36(33-50-53(47,48)51-34-37(41)40(45)46)52-39(44)31-28-25-22-19-16-13-11-10-12-15-17-20-23-26-29-35(42)4-2/h7-8,11-13,15,19-20,22-23,26,29,35-37,42H,3-6,9-10,14,16-18,21,24-25,27-28,30-34,41H2,1-2H3,(H,45,46)(H,47,48)/b8-7-,13-11-,15-12-,22-19-,23-20-,29-26+/t35-,36-,37+/m1/s1. The van der Waals surface area contributed by atoms with E-state index in [0.717, 1.165) is 57.8 Å². The van der Waals surface area contributed by atoms with Crippen molar-refractivity contribution in [1.82, 2.24) is 0 Å². The van der Waals surface area contributed by atoms with Crippen LogP contribution in [0, 0.1) is 0 Å². The first-order valence-electron chi connectivity index (χ1n) is 19.1. The summed E-state index contributed by atoms with van der Waals surface area (Å²) in [5, 5.41) is 18.3. The summed E-state index contributed by atoms with van der Waals surface area (Å²) >= 11 is 0. The van der Waals surface area contributed by atoms with Gasteiger partial charge in [0.1, 0.15) is 12.6 Å². The molecule has 13 heteroatoms. The maximum Gasteiger partial charge on any atom is 0.472 e. The molecule has 0 saturated carbocycles. The SMILES string of the molecule is CCCC/C=C\CCCCCCCC(=O)OC[C@H](COP(=O)(O)OC[C@H](N)C(=O)O)OC(=O)CCC/C=C\C/C=C\C/C=C\C/C=C\C=C\[C@H](O)CC. The van der Waals surface area contributed by atoms with Gasteiger partial charge >= 0.3 is 25.7 Å². The van der Waals surface area contributed by atoms with Gasteiger partial charge in [-0.05, 0) is 64.2 Å². The molecule has 0 aromatic carbocycles. The zero-order valence-corrected chi connectivity index (χ0v) is 32.8. The monoisotopic (exact) mass is 767 g/mol. The number of nitrogens with two attached hydrogens (primary N) is 1. The average Bonchev–Trinajstić information content (AvgIpc) is 3.13. The van der Waals surface area contributed by atoms with Gasteiger partial charge in [0, 0.05) is 12.8 Å². The Kier molecular flexibility index (Phi) is 32.6. The number of phosphoric acid groups is 1. The van der Waals surface area contributed by atoms with Gasteiger partial charge in [0.15, 0.2) is 6.10 Å². The van der Waals surface area contributed by atoms with Gasteiger partial charge in [-0.25, -0.2) is 4.57 Å². The van der Waals surface area contributed by atoms with E-state index in [1.807, 2.05) is 37.3 Å². The van der Waals surface area contributed by atoms with Crippen LogP contribution >= 0.6 is 7.82 Å². The summed E-state index contributed by atoms with van der Waals surface area (Å²) in [7, 11) is -4.74. The van der Waals surface area contributed by atoms with E-state index < -0.39 is 57.2 Å². The van der Waals surface area contributed by atoms with Crippen molar-refractivity contribution in [1.29, 1.82) is 0 Å². The number of phosphoric ester groups is 1. The number of aliphatic carboxylic acids is 1. The van der Waals surface area contributed by atoms with Gasteiger partial charge in [-0.1, -0.05) is 119 Å². The molecular weight excluding hydrogens is 701 g/mol. The largest absolute Gasteiger partial charge is 0.480 e. The molecule has 1 unspecified atom stereocenters. The molecule has 0 rings (SSSR count). The van der Waals surface area contributed by atoms with E-state index in [1.54, 1.807) is 6.08 Å². The van der Waals surface area contributed by atoms with E-state index in [-0.39, 0.29) is 19.4 Å². The highest BCUT2D eigenvalue weighted by molar-refractivity contribution is 7.47. The minimum atomic E-state index is -4.74. The first-order chi connectivity index (χ1) is 25.5. The van der Waals surface area contributed by atoms with Crippen LogP contribution in [0.3, 0.4) is 0 Å². The number of carbonyl (C=O) groups excluding carboxylic acids is 2. The van der Waals surface area contributed by atoms with Crippen LogP contribution in [0.2, 0.25) is 0 Å². The Balaban J connectivity index is 4.59. The summed E-state index contributed by atoms with van der Waals surface area (Å²) in [5.41, 5.74) is 5.31. The molecule has 302 valence electrons. The second-order valence-corrected chi connectivity index (χ2v) is 14.0. The van der Waals surface area contributed by atoms with Crippen LogP contribution in [-0.4, -0.2) is 71.1 Å². The number of ether oxygens (including phenoxy) is 2. The maximum absolute atomic E-state index is 12.5. The number of hydrogen-bond donors (Lipinski definition) is 4. The van der Waals surface area contributed by atoms with Crippen LogP contribution in [0.4, 0.5) is 0 Å². The molecule has 0 aromatic heterocycles. The molecular formula is C40H66NO11P. The lowest BCUT2D eigenvalue weighted by molar-refractivity contribution is -0.161. The maximum atomic E-state index is 12.5. The minimum Gasteiger partial charge on any atom is -0.480 e. The highest BCUT2D eigenvalue weighted by Gasteiger charge is 2.28. The third-order valence-corrected chi connectivity index (χ3v) is 8.55. The molecule has 0 bridgehead atoms. The summed E-state index contributed by atoms with van der Waals surface area (Å²) < 4.78 is 32.4. The second-order valence-electron chi connectivity index (χ2n) is 12.5. The molecule has 0 amide bonds. The lowest BCUT2D eigenvalue weighted by atomic mass is 10.1. The van der Waals surface area contributed by atoms with E-state index >= 15 is 0 Å². The van der Waals surface area contributed by atoms with Crippen LogP contribution < -0.4 is 5.73 Å². The summed E-state index contributed by atoms with van der Waals surface area (Å²) in [4.78, 5) is 45.7. The second kappa shape index (κ2) is 34.6. The Morgan fingerprint density at radius 1 is 0.679 bits per heavy atom. The number of allylic oxidation sites excluding steroid dienone is 11. The molecule has 0 saturated heterocycles. The van der Waals surface area contributed by atoms with E-state index in [9.17, 15) is 28.9 Å². The smallest absolute Gasteiger partial charge is 0.472 e. The van der Waals surface area contributed by atoms with E-state index in [2.05, 4.69) is 47.9 Å². The fraction of sp³-hybridized carbons (Fsp3) is 0.625. The molecule has 5 N–H and O–H groups in total. The van der Waals surface area contributed by atoms with Crippen LogP contribution in [-0.2, 0) is 37.5 Å². The number of esters is 2. The molecule has 0 radical (unpaired) electrons. The summed E-state index contributed by atoms with van der Waals surface area (Å²) in [5.74, 6) is -2.51. The van der Waals surface area contributed by atoms with Gasteiger partial charge in [0.05, 0.1) is 19.3 Å². The first-order valence-corrected chi connectivity index (χ1v) is 20.6. The Labute approximate surface area is 317 Å². The highest BCUT2D eigenvalue weighted by atomic mass is 31.2. The number of aliphatic hydroxyl groups is 1. The van der Waals surface area contributed by atoms with Crippen molar-refractivity contribution >= 4 is 25.7 Å². The Morgan fingerprint density at radius 3 is 1.89 bits per heavy atom. The van der Waals surface area contributed by atoms with E-state index in [1.165, 1.54) is 12.8 Å². The van der Waals surface area contributed by atoms with E-state index in [4.69, 9.17) is 24.8 Å². The average molecular weight is 768 g/mol. The molecule has 0 aliphatic heterocycles. The van der Waals surface area contributed by atoms with Crippen molar-refractivity contribution in [2.45, 2.75) is 141 Å². The van der Waals surface area contributed by atoms with Crippen molar-refractivity contribution in [3.8, 4) is 0 Å². The Bertz CT molecular complexity index is 1200. The van der Waals surface area contributed by atoms with Crippen LogP contribution in [0.1, 0.15) is 123 Å². The van der Waals surface area contributed by atoms with Crippen molar-refractivity contribution in [3.63, 3.8) is 0 Å². The van der Waals surface area contributed by atoms with Crippen molar-refractivity contribution in [2.24, 2.45) is 5.73 Å². The minimum absolute atomic E-state index is 0.0636. The van der Waals surface area contributed by atoms with Crippen molar-refractivity contribution in [2.75, 3.05) is 19.8 Å². The van der Waals surface area contributed by atoms with Gasteiger partial charge in [-0.15, -0.1) is 0 Å². The predicted octanol–water partition coefficient (Wildman–Crippen LogP) is 8.36. The lowest BCUT2D eigenvalue weighted by Gasteiger charge is -2.20. The molecule has 0 aliphatic rings. The zero-order chi connectivity index (χ0) is 39.4. The third kappa shape index (κ3) is 34.4. The molecule has 12 nitrogen and oxygen atoms in total. The zero-order valence-electron chi connectivity index (χ0n) is 31.9. The normalized spacial score (nSPS) is 15.3. The fourth-order valence-electron chi connectivity index (χ4n) is 4.38. The van der Waals surface area contributed by atoms with Gasteiger partial charge in [-0.2, -0.15) is 0 Å². The van der Waals surface area contributed by atoms with Crippen molar-refractivity contribution < 1.29 is 52.6 Å². The third-order valence-electron chi connectivity index (χ3n) is 7.60. The van der Waals surface area contributed by atoms with Crippen LogP contribution in [0.5, 0.6) is 0 Å². The number of rotatable bonds is 34. The Hall–Kier alpha value is -3.12. The van der Waals surface area contributed by atoms with E-state index in [0.29, 0.717) is 25.7 Å². The van der Waals surface area contributed by atoms with Gasteiger partial charge in [-0.3, -0.25) is 23.4 Å². The van der Waals surface area contributed by atoms with Crippen LogP contribution in [0.25, 0.3) is 0 Å². The topological polar surface area (TPSA) is 192 Å². The fourth-order valence-corrected chi connectivity index (χ4v) is 5.16. The molecule has 0 aromatic rings. The summed E-state index contributed by atoms with van der Waals surface area (Å²) in [6.45, 7) is 2.32. The van der Waals surface area contributed by atoms with Gasteiger partial charge in [0.25, 0.3) is 0 Å². The van der Waals surface area contributed by atoms with Gasteiger partial charge in [0.2, 0.25) is 0 Å². The number of carboxylic acids is 1. The molecule has 0 heterocycles. The quantitative estimate of drug-likeness (QED) is 0.0161. The first kappa shape index (κ1) is 49.9. The molecule has 4 atom stereocenters. The van der Waals surface area contributed by atoms with Crippen LogP contribution in [0.15, 0.2) is 72.9 Å². The summed E-state index contributed by atoms with van der Waals surface area (Å²) in [6.07, 6.45) is 36.5. The Morgan fingerprint density at radius 2 is 1.23 bits per heavy atom. The highest BCUT2D eigenvalue weighted by Crippen LogP contribution is 2.43. The molecule has 0 fully saturated rings. The molecule has 0 spiro atoms. The number of carboxylic acid groups (broad SMARTS) is 1. The number of carbonyl (C=O) groups is 3. The molecule has 53 heavy (non-hydrogen) atoms. The predicted molar refractivity (Wildman–Crippen MR) is 209 cm³/mol. The number of hydrogen-bond acceptors (Lipinski definition) is 10. The lowest BCUT2D eigenvalue weighted by Crippen LogP contribution is -2.34.